The van der Waals surface area contributed by atoms with Gasteiger partial charge in [0.1, 0.15) is 0 Å². The number of nitrogens with one attached hydrogen (secondary N) is 2. The quantitative estimate of drug-likeness (QED) is 0.572. The summed E-state index contributed by atoms with van der Waals surface area (Å²) < 4.78 is 0. The van der Waals surface area contributed by atoms with Gasteiger partial charge in [-0.2, -0.15) is 5.10 Å². The maximum absolute atomic E-state index is 11.8. The number of pyridine rings is 1. The van der Waals surface area contributed by atoms with Crippen LogP contribution < -0.4 is 15.9 Å². The first-order valence-corrected chi connectivity index (χ1v) is 7.73. The number of hydrazone groups is 1. The van der Waals surface area contributed by atoms with Crippen LogP contribution in [-0.4, -0.2) is 25.3 Å². The molecule has 1 heterocycles. The number of aromatic amines is 1. The molecule has 3 aromatic rings. The van der Waals surface area contributed by atoms with Gasteiger partial charge in [0.05, 0.1) is 17.4 Å². The molecule has 0 spiro atoms. The van der Waals surface area contributed by atoms with Crippen LogP contribution in [0.25, 0.3) is 10.9 Å². The molecule has 0 fully saturated rings. The number of aromatic nitrogens is 1. The number of hydrogen-bond acceptors (Lipinski definition) is 4. The molecule has 0 saturated carbocycles. The predicted molar refractivity (Wildman–Crippen MR) is 101 cm³/mol. The van der Waals surface area contributed by atoms with Crippen LogP contribution >= 0.6 is 0 Å². The van der Waals surface area contributed by atoms with Crippen LogP contribution in [0, 0.1) is 6.92 Å². The lowest BCUT2D eigenvalue weighted by Gasteiger charge is -2.11. The number of H-pyrrole nitrogens is 1. The Kier molecular flexibility index (Phi) is 4.33. The number of rotatable bonds is 4. The summed E-state index contributed by atoms with van der Waals surface area (Å²) in [5, 5.41) is 5.21. The summed E-state index contributed by atoms with van der Waals surface area (Å²) in [5.74, 6) is 0. The summed E-state index contributed by atoms with van der Waals surface area (Å²) in [6, 6.07) is 15.5. The van der Waals surface area contributed by atoms with Crippen LogP contribution in [0.5, 0.6) is 0 Å². The van der Waals surface area contributed by atoms with Crippen molar-refractivity contribution < 1.29 is 0 Å². The lowest BCUT2D eigenvalue weighted by molar-refractivity contribution is 1.13. The number of hydrogen-bond donors (Lipinski definition) is 2. The fourth-order valence-corrected chi connectivity index (χ4v) is 2.49. The Morgan fingerprint density at radius 3 is 2.54 bits per heavy atom. The third-order valence-corrected chi connectivity index (χ3v) is 3.81. The highest BCUT2D eigenvalue weighted by molar-refractivity contribution is 5.92. The topological polar surface area (TPSA) is 60.5 Å². The van der Waals surface area contributed by atoms with E-state index in [1.807, 2.05) is 68.4 Å². The van der Waals surface area contributed by atoms with Crippen molar-refractivity contribution in [3.8, 4) is 0 Å². The minimum atomic E-state index is -0.153. The summed E-state index contributed by atoms with van der Waals surface area (Å²) in [5.41, 5.74) is 7.56. The van der Waals surface area contributed by atoms with E-state index in [4.69, 9.17) is 0 Å². The van der Waals surface area contributed by atoms with E-state index in [1.165, 1.54) is 6.07 Å². The van der Waals surface area contributed by atoms with Gasteiger partial charge in [-0.15, -0.1) is 0 Å². The van der Waals surface area contributed by atoms with Gasteiger partial charge in [-0.05, 0) is 36.8 Å². The van der Waals surface area contributed by atoms with Gasteiger partial charge in [0.15, 0.2) is 0 Å². The summed E-state index contributed by atoms with van der Waals surface area (Å²) in [6.45, 7) is 2.02. The molecule has 0 amide bonds. The van der Waals surface area contributed by atoms with E-state index in [0.717, 1.165) is 27.7 Å². The molecule has 0 aliphatic heterocycles. The summed E-state index contributed by atoms with van der Waals surface area (Å²) in [4.78, 5) is 16.6. The molecule has 2 aromatic carbocycles. The first-order valence-electron chi connectivity index (χ1n) is 7.73. The van der Waals surface area contributed by atoms with Crippen molar-refractivity contribution in [3.05, 3.63) is 70.0 Å². The van der Waals surface area contributed by atoms with Crippen LogP contribution in [-0.2, 0) is 0 Å². The standard InChI is InChI=1S/C19H20N4O/c1-13-4-9-17-16(10-13)18(11-19(24)21-17)22-20-12-14-5-7-15(8-6-14)23(2)3/h4-12H,1-3H3,(H2,21,22,24)/b20-12-. The van der Waals surface area contributed by atoms with Gasteiger partial charge in [-0.3, -0.25) is 10.2 Å². The fraction of sp³-hybridized carbons (Fsp3) is 0.158. The summed E-state index contributed by atoms with van der Waals surface area (Å²) in [6.07, 6.45) is 1.74. The van der Waals surface area contributed by atoms with E-state index in [2.05, 4.69) is 15.5 Å². The number of aryl methyl sites for hydroxylation is 1. The molecular formula is C19H20N4O. The van der Waals surface area contributed by atoms with Crippen molar-refractivity contribution in [1.82, 2.24) is 4.98 Å². The number of fused-ring (bicyclic) bond motifs is 1. The average molecular weight is 320 g/mol. The molecule has 0 aliphatic rings. The first-order chi connectivity index (χ1) is 11.5. The molecule has 0 radical (unpaired) electrons. The number of anilines is 2. The molecule has 0 bridgehead atoms. The third-order valence-electron chi connectivity index (χ3n) is 3.81. The van der Waals surface area contributed by atoms with E-state index in [9.17, 15) is 4.79 Å². The average Bonchev–Trinajstić information content (AvgIpc) is 2.56. The van der Waals surface area contributed by atoms with Crippen molar-refractivity contribution in [2.45, 2.75) is 6.92 Å². The number of benzene rings is 2. The van der Waals surface area contributed by atoms with E-state index in [1.54, 1.807) is 6.21 Å². The van der Waals surface area contributed by atoms with Crippen molar-refractivity contribution in [1.29, 1.82) is 0 Å². The van der Waals surface area contributed by atoms with Crippen molar-refractivity contribution >= 4 is 28.5 Å². The molecule has 1 aromatic heterocycles. The highest BCUT2D eigenvalue weighted by Gasteiger charge is 2.03. The molecule has 0 atom stereocenters. The summed E-state index contributed by atoms with van der Waals surface area (Å²) in [7, 11) is 4.01. The molecular weight excluding hydrogens is 300 g/mol. The highest BCUT2D eigenvalue weighted by atomic mass is 16.1. The molecule has 0 saturated heterocycles. The summed E-state index contributed by atoms with van der Waals surface area (Å²) >= 11 is 0. The van der Waals surface area contributed by atoms with Crippen LogP contribution in [0.4, 0.5) is 11.4 Å². The van der Waals surface area contributed by atoms with E-state index >= 15 is 0 Å². The van der Waals surface area contributed by atoms with Crippen molar-refractivity contribution in [2.75, 3.05) is 24.4 Å². The van der Waals surface area contributed by atoms with Gasteiger partial charge in [0, 0.05) is 31.2 Å². The first kappa shape index (κ1) is 15.8. The Morgan fingerprint density at radius 1 is 1.08 bits per heavy atom. The Labute approximate surface area is 140 Å². The molecule has 0 aliphatic carbocycles. The Morgan fingerprint density at radius 2 is 1.83 bits per heavy atom. The normalized spacial score (nSPS) is 11.1. The molecule has 5 heteroatoms. The predicted octanol–water partition coefficient (Wildman–Crippen LogP) is 3.35. The van der Waals surface area contributed by atoms with E-state index in [0.29, 0.717) is 5.69 Å². The fourth-order valence-electron chi connectivity index (χ4n) is 2.49. The van der Waals surface area contributed by atoms with Crippen LogP contribution in [0.3, 0.4) is 0 Å². The zero-order valence-corrected chi connectivity index (χ0v) is 14.0. The van der Waals surface area contributed by atoms with Crippen LogP contribution in [0.15, 0.2) is 58.4 Å². The van der Waals surface area contributed by atoms with Crippen LogP contribution in [0.1, 0.15) is 11.1 Å². The zero-order valence-electron chi connectivity index (χ0n) is 14.0. The Bertz CT molecular complexity index is 940. The molecule has 0 unspecified atom stereocenters. The van der Waals surface area contributed by atoms with Gasteiger partial charge in [-0.1, -0.05) is 23.8 Å². The molecule has 24 heavy (non-hydrogen) atoms. The second-order valence-electron chi connectivity index (χ2n) is 5.95. The largest absolute Gasteiger partial charge is 0.378 e. The molecule has 3 rings (SSSR count). The smallest absolute Gasteiger partial charge is 0.250 e. The van der Waals surface area contributed by atoms with Gasteiger partial charge in [0.25, 0.3) is 5.56 Å². The maximum Gasteiger partial charge on any atom is 0.250 e. The molecule has 5 nitrogen and oxygen atoms in total. The molecule has 2 N–H and O–H groups in total. The lowest BCUT2D eigenvalue weighted by atomic mass is 10.1. The Hall–Kier alpha value is -3.08. The van der Waals surface area contributed by atoms with Gasteiger partial charge in [0.2, 0.25) is 0 Å². The monoisotopic (exact) mass is 320 g/mol. The Balaban J connectivity index is 1.84. The second-order valence-corrected chi connectivity index (χ2v) is 5.95. The SMILES string of the molecule is Cc1ccc2[nH]c(=O)cc(N/N=C\c3ccc(N(C)C)cc3)c2c1. The lowest BCUT2D eigenvalue weighted by Crippen LogP contribution is -2.08. The maximum atomic E-state index is 11.8. The van der Waals surface area contributed by atoms with Crippen LogP contribution in [0.2, 0.25) is 0 Å². The van der Waals surface area contributed by atoms with Crippen molar-refractivity contribution in [2.24, 2.45) is 5.10 Å². The third kappa shape index (κ3) is 3.46. The molecule has 122 valence electrons. The van der Waals surface area contributed by atoms with Gasteiger partial charge < -0.3 is 9.88 Å². The minimum Gasteiger partial charge on any atom is -0.378 e. The zero-order chi connectivity index (χ0) is 17.1. The van der Waals surface area contributed by atoms with E-state index in [-0.39, 0.29) is 5.56 Å². The van der Waals surface area contributed by atoms with Gasteiger partial charge >= 0.3 is 0 Å². The second kappa shape index (κ2) is 6.58. The van der Waals surface area contributed by atoms with E-state index < -0.39 is 0 Å². The number of nitrogens with zero attached hydrogens (tertiary/aromatic N) is 2. The highest BCUT2D eigenvalue weighted by Crippen LogP contribution is 2.21. The van der Waals surface area contributed by atoms with Crippen molar-refractivity contribution in [3.63, 3.8) is 0 Å². The minimum absolute atomic E-state index is 0.153. The van der Waals surface area contributed by atoms with Gasteiger partial charge in [-0.25, -0.2) is 0 Å².